The summed E-state index contributed by atoms with van der Waals surface area (Å²) >= 11 is 0. The van der Waals surface area contributed by atoms with Crippen molar-refractivity contribution in [3.05, 3.63) is 128 Å². The minimum absolute atomic E-state index is 1.05. The number of rotatable bonds is 3. The predicted molar refractivity (Wildman–Crippen MR) is 136 cm³/mol. The molecule has 6 aromatic rings. The molecule has 0 atom stereocenters. The van der Waals surface area contributed by atoms with Crippen LogP contribution in [0.3, 0.4) is 0 Å². The van der Waals surface area contributed by atoms with E-state index in [-0.39, 0.29) is 0 Å². The molecule has 1 aromatic heterocycles. The molecule has 1 heterocycles. The lowest BCUT2D eigenvalue weighted by Crippen LogP contribution is -1.88. The van der Waals surface area contributed by atoms with Gasteiger partial charge in [0.05, 0.1) is 5.52 Å². The maximum absolute atomic E-state index is 4.67. The van der Waals surface area contributed by atoms with Crippen LogP contribution in [0.5, 0.6) is 0 Å². The minimum Gasteiger partial charge on any atom is -0.256 e. The number of nitrogens with zero attached hydrogens (tertiary/aromatic N) is 1. The van der Waals surface area contributed by atoms with Gasteiger partial charge in [0.25, 0.3) is 0 Å². The highest BCUT2D eigenvalue weighted by Crippen LogP contribution is 2.37. The zero-order chi connectivity index (χ0) is 21.3. The van der Waals surface area contributed by atoms with Crippen molar-refractivity contribution in [1.82, 2.24) is 4.98 Å². The van der Waals surface area contributed by atoms with Crippen LogP contribution in [0.1, 0.15) is 0 Å². The summed E-state index contributed by atoms with van der Waals surface area (Å²) in [5.74, 6) is 0. The molecular weight excluding hydrogens is 386 g/mol. The van der Waals surface area contributed by atoms with Crippen LogP contribution in [0.2, 0.25) is 0 Å². The van der Waals surface area contributed by atoms with Crippen molar-refractivity contribution in [2.45, 2.75) is 0 Å². The summed E-state index contributed by atoms with van der Waals surface area (Å²) in [6.07, 6.45) is 1.87. The van der Waals surface area contributed by atoms with Crippen LogP contribution >= 0.6 is 0 Å². The Hall–Kier alpha value is -4.23. The number of fused-ring (bicyclic) bond motifs is 3. The fraction of sp³-hybridized carbons (Fsp3) is 0. The fourth-order valence-corrected chi connectivity index (χ4v) is 4.53. The molecule has 6 rings (SSSR count). The third-order valence-electron chi connectivity index (χ3n) is 6.09. The molecule has 150 valence electrons. The van der Waals surface area contributed by atoms with Gasteiger partial charge in [0.1, 0.15) is 0 Å². The topological polar surface area (TPSA) is 12.9 Å². The molecule has 0 unspecified atom stereocenters. The fourth-order valence-electron chi connectivity index (χ4n) is 4.53. The van der Waals surface area contributed by atoms with Gasteiger partial charge >= 0.3 is 0 Å². The van der Waals surface area contributed by atoms with E-state index in [2.05, 4.69) is 120 Å². The van der Waals surface area contributed by atoms with E-state index in [9.17, 15) is 0 Å². The summed E-state index contributed by atoms with van der Waals surface area (Å²) in [6.45, 7) is 0. The van der Waals surface area contributed by atoms with Gasteiger partial charge in [-0.15, -0.1) is 0 Å². The van der Waals surface area contributed by atoms with Gasteiger partial charge in [-0.1, -0.05) is 97.1 Å². The average molecular weight is 408 g/mol. The van der Waals surface area contributed by atoms with Gasteiger partial charge in [-0.2, -0.15) is 0 Å². The second-order valence-corrected chi connectivity index (χ2v) is 8.07. The summed E-state index contributed by atoms with van der Waals surface area (Å²) in [5.41, 5.74) is 8.37. The van der Waals surface area contributed by atoms with Crippen LogP contribution < -0.4 is 0 Å². The molecule has 0 saturated heterocycles. The van der Waals surface area contributed by atoms with E-state index in [0.717, 1.165) is 5.52 Å². The number of benzene rings is 5. The Balaban J connectivity index is 1.63. The van der Waals surface area contributed by atoms with Gasteiger partial charge in [-0.25, -0.2) is 0 Å². The van der Waals surface area contributed by atoms with E-state index in [1.807, 2.05) is 12.3 Å². The summed E-state index contributed by atoms with van der Waals surface area (Å²) < 4.78 is 0. The van der Waals surface area contributed by atoms with Crippen LogP contribution in [0.4, 0.5) is 0 Å². The Kier molecular flexibility index (Phi) is 4.51. The maximum atomic E-state index is 4.67. The maximum Gasteiger partial charge on any atom is 0.0780 e. The Morgan fingerprint density at radius 2 is 1.06 bits per heavy atom. The number of aromatic nitrogens is 1. The SMILES string of the molecule is c1ccc(-c2cc(-c3ccccc3)cc(-c3cccc4c3ccc3cccnc34)c2)cc1. The number of pyridine rings is 1. The molecule has 1 heteroatoms. The van der Waals surface area contributed by atoms with Gasteiger partial charge in [0.15, 0.2) is 0 Å². The Labute approximate surface area is 187 Å². The van der Waals surface area contributed by atoms with Crippen molar-refractivity contribution in [2.75, 3.05) is 0 Å². The molecule has 0 radical (unpaired) electrons. The highest BCUT2D eigenvalue weighted by molar-refractivity contribution is 6.10. The largest absolute Gasteiger partial charge is 0.256 e. The van der Waals surface area contributed by atoms with Crippen molar-refractivity contribution >= 4 is 21.7 Å². The van der Waals surface area contributed by atoms with E-state index in [0.29, 0.717) is 0 Å². The first kappa shape index (κ1) is 18.5. The second kappa shape index (κ2) is 7.79. The van der Waals surface area contributed by atoms with Crippen molar-refractivity contribution in [2.24, 2.45) is 0 Å². The predicted octanol–water partition coefficient (Wildman–Crippen LogP) is 8.39. The van der Waals surface area contributed by atoms with E-state index in [1.165, 1.54) is 49.5 Å². The third kappa shape index (κ3) is 3.25. The first-order chi connectivity index (χ1) is 15.9. The molecule has 0 N–H and O–H groups in total. The lowest BCUT2D eigenvalue weighted by molar-refractivity contribution is 1.43. The smallest absolute Gasteiger partial charge is 0.0780 e. The van der Waals surface area contributed by atoms with E-state index in [1.54, 1.807) is 0 Å². The summed E-state index contributed by atoms with van der Waals surface area (Å²) in [5, 5.41) is 3.58. The monoisotopic (exact) mass is 407 g/mol. The van der Waals surface area contributed by atoms with Crippen molar-refractivity contribution in [3.8, 4) is 33.4 Å². The zero-order valence-corrected chi connectivity index (χ0v) is 17.6. The lowest BCUT2D eigenvalue weighted by Gasteiger charge is -2.14. The highest BCUT2D eigenvalue weighted by Gasteiger charge is 2.11. The molecule has 0 aliphatic rings. The first-order valence-corrected chi connectivity index (χ1v) is 10.9. The highest BCUT2D eigenvalue weighted by atomic mass is 14.6. The molecule has 0 aliphatic heterocycles. The molecule has 0 aliphatic carbocycles. The average Bonchev–Trinajstić information content (AvgIpc) is 2.89. The van der Waals surface area contributed by atoms with Crippen molar-refractivity contribution in [3.63, 3.8) is 0 Å². The Morgan fingerprint density at radius 1 is 0.406 bits per heavy atom. The van der Waals surface area contributed by atoms with E-state index < -0.39 is 0 Å². The second-order valence-electron chi connectivity index (χ2n) is 8.07. The van der Waals surface area contributed by atoms with E-state index in [4.69, 9.17) is 0 Å². The van der Waals surface area contributed by atoms with Crippen LogP contribution in [0.25, 0.3) is 55.1 Å². The first-order valence-electron chi connectivity index (χ1n) is 10.9. The molecule has 1 nitrogen and oxygen atoms in total. The summed E-state index contributed by atoms with van der Waals surface area (Å²) in [4.78, 5) is 4.67. The van der Waals surface area contributed by atoms with Crippen LogP contribution in [-0.2, 0) is 0 Å². The molecule has 0 fully saturated rings. The van der Waals surface area contributed by atoms with Crippen LogP contribution in [-0.4, -0.2) is 4.98 Å². The number of hydrogen-bond acceptors (Lipinski definition) is 1. The standard InChI is InChI=1S/C31H21N/c1-3-9-22(10-4-1)25-19-26(23-11-5-2-6-12-23)21-27(20-25)28-14-7-15-30-29(28)17-16-24-13-8-18-32-31(24)30/h1-21H. The molecule has 0 saturated carbocycles. The zero-order valence-electron chi connectivity index (χ0n) is 17.6. The van der Waals surface area contributed by atoms with Gasteiger partial charge in [-0.3, -0.25) is 4.98 Å². The van der Waals surface area contributed by atoms with Gasteiger partial charge < -0.3 is 0 Å². The third-order valence-corrected chi connectivity index (χ3v) is 6.09. The Bertz CT molecular complexity index is 1490. The summed E-state index contributed by atoms with van der Waals surface area (Å²) in [7, 11) is 0. The van der Waals surface area contributed by atoms with Gasteiger partial charge in [0, 0.05) is 17.0 Å². The molecule has 0 bridgehead atoms. The Morgan fingerprint density at radius 3 is 1.75 bits per heavy atom. The van der Waals surface area contributed by atoms with E-state index >= 15 is 0 Å². The quantitative estimate of drug-likeness (QED) is 0.268. The molecule has 32 heavy (non-hydrogen) atoms. The van der Waals surface area contributed by atoms with Crippen LogP contribution in [0, 0.1) is 0 Å². The lowest BCUT2D eigenvalue weighted by atomic mass is 9.91. The molecule has 0 amide bonds. The molecule has 5 aromatic carbocycles. The van der Waals surface area contributed by atoms with Crippen molar-refractivity contribution in [1.29, 1.82) is 0 Å². The normalized spacial score (nSPS) is 11.1. The summed E-state index contributed by atoms with van der Waals surface area (Å²) in [6, 6.07) is 43.2. The van der Waals surface area contributed by atoms with Crippen LogP contribution in [0.15, 0.2) is 128 Å². The minimum atomic E-state index is 1.05. The van der Waals surface area contributed by atoms with Gasteiger partial charge in [0.2, 0.25) is 0 Å². The number of hydrogen-bond donors (Lipinski definition) is 0. The molecule has 0 spiro atoms. The molecular formula is C31H21N. The van der Waals surface area contributed by atoms with Gasteiger partial charge in [-0.05, 0) is 63.0 Å². The van der Waals surface area contributed by atoms with Crippen molar-refractivity contribution < 1.29 is 0 Å².